The van der Waals surface area contributed by atoms with Crippen molar-refractivity contribution in [1.29, 1.82) is 0 Å². The zero-order chi connectivity index (χ0) is 14.5. The minimum absolute atomic E-state index is 0.112. The average Bonchev–Trinajstić information content (AvgIpc) is 2.75. The molecule has 2 saturated heterocycles. The van der Waals surface area contributed by atoms with Crippen LogP contribution in [0.25, 0.3) is 0 Å². The Morgan fingerprint density at radius 1 is 1.25 bits per heavy atom. The standard InChI is InChI=1S/C13H22N4O3/c14-11(18)9-16(10-3-5-15-6-4-10)7-8-17-12(19)1-2-13(17)20/h10,15H,1-9H2,(H2,14,18). The van der Waals surface area contributed by atoms with Crippen LogP contribution in [0.4, 0.5) is 0 Å². The van der Waals surface area contributed by atoms with Crippen molar-refractivity contribution in [3.05, 3.63) is 0 Å². The molecular formula is C13H22N4O3. The summed E-state index contributed by atoms with van der Waals surface area (Å²) in [5.41, 5.74) is 5.29. The number of nitrogens with zero attached hydrogens (tertiary/aromatic N) is 2. The van der Waals surface area contributed by atoms with Crippen LogP contribution in [0.1, 0.15) is 25.7 Å². The summed E-state index contributed by atoms with van der Waals surface area (Å²) in [4.78, 5) is 37.7. The van der Waals surface area contributed by atoms with Gasteiger partial charge in [0.15, 0.2) is 0 Å². The zero-order valence-corrected chi connectivity index (χ0v) is 11.6. The molecule has 0 bridgehead atoms. The van der Waals surface area contributed by atoms with Crippen LogP contribution < -0.4 is 11.1 Å². The molecule has 0 spiro atoms. The zero-order valence-electron chi connectivity index (χ0n) is 11.6. The Kier molecular flexibility index (Phi) is 5.08. The van der Waals surface area contributed by atoms with Gasteiger partial charge < -0.3 is 11.1 Å². The van der Waals surface area contributed by atoms with Crippen LogP contribution in [0.3, 0.4) is 0 Å². The quantitative estimate of drug-likeness (QED) is 0.589. The highest BCUT2D eigenvalue weighted by molar-refractivity contribution is 6.01. The second kappa shape index (κ2) is 6.81. The molecule has 7 heteroatoms. The lowest BCUT2D eigenvalue weighted by Gasteiger charge is -2.34. The molecule has 0 aromatic rings. The van der Waals surface area contributed by atoms with E-state index in [2.05, 4.69) is 5.32 Å². The summed E-state index contributed by atoms with van der Waals surface area (Å²) in [6.07, 6.45) is 2.52. The summed E-state index contributed by atoms with van der Waals surface area (Å²) < 4.78 is 0. The summed E-state index contributed by atoms with van der Waals surface area (Å²) >= 11 is 0. The van der Waals surface area contributed by atoms with Gasteiger partial charge in [-0.15, -0.1) is 0 Å². The summed E-state index contributed by atoms with van der Waals surface area (Å²) in [7, 11) is 0. The minimum atomic E-state index is -0.373. The monoisotopic (exact) mass is 282 g/mol. The van der Waals surface area contributed by atoms with Gasteiger partial charge in [0, 0.05) is 32.0 Å². The number of rotatable bonds is 6. The van der Waals surface area contributed by atoms with Gasteiger partial charge in [0.25, 0.3) is 0 Å². The van der Waals surface area contributed by atoms with Crippen molar-refractivity contribution in [1.82, 2.24) is 15.1 Å². The van der Waals surface area contributed by atoms with Crippen LogP contribution in [0.2, 0.25) is 0 Å². The number of imide groups is 1. The third kappa shape index (κ3) is 3.77. The van der Waals surface area contributed by atoms with E-state index < -0.39 is 0 Å². The van der Waals surface area contributed by atoms with Crippen molar-refractivity contribution in [3.8, 4) is 0 Å². The summed E-state index contributed by atoms with van der Waals surface area (Å²) in [5, 5.41) is 3.27. The third-order valence-corrected chi connectivity index (χ3v) is 3.95. The molecule has 20 heavy (non-hydrogen) atoms. The molecule has 2 heterocycles. The van der Waals surface area contributed by atoms with Gasteiger partial charge in [-0.3, -0.25) is 24.2 Å². The van der Waals surface area contributed by atoms with Gasteiger partial charge in [-0.1, -0.05) is 0 Å². The first-order chi connectivity index (χ1) is 9.58. The molecule has 0 radical (unpaired) electrons. The second-order valence-electron chi connectivity index (χ2n) is 5.36. The number of primary amides is 1. The van der Waals surface area contributed by atoms with E-state index in [0.717, 1.165) is 25.9 Å². The van der Waals surface area contributed by atoms with E-state index in [4.69, 9.17) is 5.73 Å². The van der Waals surface area contributed by atoms with Gasteiger partial charge in [-0.25, -0.2) is 0 Å². The summed E-state index contributed by atoms with van der Waals surface area (Å²) in [5.74, 6) is -0.596. The smallest absolute Gasteiger partial charge is 0.231 e. The van der Waals surface area contributed by atoms with Gasteiger partial charge in [-0.05, 0) is 25.9 Å². The van der Waals surface area contributed by atoms with Crippen LogP contribution in [0.15, 0.2) is 0 Å². The Labute approximate surface area is 118 Å². The molecule has 0 atom stereocenters. The Morgan fingerprint density at radius 3 is 2.40 bits per heavy atom. The fourth-order valence-electron chi connectivity index (χ4n) is 2.86. The predicted molar refractivity (Wildman–Crippen MR) is 72.6 cm³/mol. The topological polar surface area (TPSA) is 95.7 Å². The Morgan fingerprint density at radius 2 is 1.85 bits per heavy atom. The van der Waals surface area contributed by atoms with E-state index in [1.54, 1.807) is 0 Å². The number of piperidine rings is 1. The van der Waals surface area contributed by atoms with Gasteiger partial charge in [0.05, 0.1) is 6.54 Å². The normalized spacial score (nSPS) is 20.9. The fourth-order valence-corrected chi connectivity index (χ4v) is 2.86. The Bertz CT molecular complexity index is 377. The maximum Gasteiger partial charge on any atom is 0.231 e. The first-order valence-electron chi connectivity index (χ1n) is 7.14. The molecule has 2 aliphatic heterocycles. The number of likely N-dealkylation sites (tertiary alicyclic amines) is 1. The molecule has 0 unspecified atom stereocenters. The number of amides is 3. The highest BCUT2D eigenvalue weighted by Gasteiger charge is 2.30. The van der Waals surface area contributed by atoms with E-state index in [-0.39, 0.29) is 30.3 Å². The van der Waals surface area contributed by atoms with E-state index in [1.165, 1.54) is 4.90 Å². The Hall–Kier alpha value is -1.47. The summed E-state index contributed by atoms with van der Waals surface area (Å²) in [6, 6.07) is 0.288. The Balaban J connectivity index is 1.91. The van der Waals surface area contributed by atoms with Gasteiger partial charge in [0.1, 0.15) is 0 Å². The lowest BCUT2D eigenvalue weighted by Crippen LogP contribution is -2.49. The van der Waals surface area contributed by atoms with Crippen molar-refractivity contribution < 1.29 is 14.4 Å². The largest absolute Gasteiger partial charge is 0.369 e. The fraction of sp³-hybridized carbons (Fsp3) is 0.769. The van der Waals surface area contributed by atoms with Gasteiger partial charge in [0.2, 0.25) is 17.7 Å². The molecule has 0 saturated carbocycles. The molecule has 0 aliphatic carbocycles. The molecule has 2 rings (SSSR count). The van der Waals surface area contributed by atoms with Crippen LogP contribution in [-0.2, 0) is 14.4 Å². The molecule has 0 aromatic carbocycles. The van der Waals surface area contributed by atoms with Crippen molar-refractivity contribution >= 4 is 17.7 Å². The van der Waals surface area contributed by atoms with E-state index in [9.17, 15) is 14.4 Å². The lowest BCUT2D eigenvalue weighted by molar-refractivity contribution is -0.138. The van der Waals surface area contributed by atoms with Crippen molar-refractivity contribution in [2.45, 2.75) is 31.7 Å². The van der Waals surface area contributed by atoms with Gasteiger partial charge >= 0.3 is 0 Å². The minimum Gasteiger partial charge on any atom is -0.369 e. The first kappa shape index (κ1) is 14.9. The number of nitrogens with one attached hydrogen (secondary N) is 1. The number of carbonyl (C=O) groups is 3. The van der Waals surface area contributed by atoms with Crippen LogP contribution in [-0.4, -0.2) is 66.3 Å². The summed E-state index contributed by atoms with van der Waals surface area (Å²) in [6.45, 7) is 2.89. The highest BCUT2D eigenvalue weighted by Crippen LogP contribution is 2.14. The molecule has 2 fully saturated rings. The molecule has 0 aromatic heterocycles. The maximum atomic E-state index is 11.6. The van der Waals surface area contributed by atoms with Crippen molar-refractivity contribution in [2.24, 2.45) is 5.73 Å². The van der Waals surface area contributed by atoms with Crippen LogP contribution >= 0.6 is 0 Å². The molecular weight excluding hydrogens is 260 g/mol. The SMILES string of the molecule is NC(=O)CN(CCN1C(=O)CCC1=O)C1CCNCC1. The number of nitrogens with two attached hydrogens (primary N) is 1. The molecule has 7 nitrogen and oxygen atoms in total. The number of hydrogen-bond acceptors (Lipinski definition) is 5. The highest BCUT2D eigenvalue weighted by atomic mass is 16.2. The maximum absolute atomic E-state index is 11.6. The average molecular weight is 282 g/mol. The van der Waals surface area contributed by atoms with Crippen LogP contribution in [0.5, 0.6) is 0 Å². The molecule has 112 valence electrons. The lowest BCUT2D eigenvalue weighted by atomic mass is 10.0. The van der Waals surface area contributed by atoms with Crippen molar-refractivity contribution in [3.63, 3.8) is 0 Å². The molecule has 3 amide bonds. The van der Waals surface area contributed by atoms with Gasteiger partial charge in [-0.2, -0.15) is 0 Å². The van der Waals surface area contributed by atoms with E-state index >= 15 is 0 Å². The van der Waals surface area contributed by atoms with E-state index in [0.29, 0.717) is 25.9 Å². The second-order valence-corrected chi connectivity index (χ2v) is 5.36. The third-order valence-electron chi connectivity index (χ3n) is 3.95. The van der Waals surface area contributed by atoms with Crippen molar-refractivity contribution in [2.75, 3.05) is 32.7 Å². The molecule has 3 N–H and O–H groups in total. The van der Waals surface area contributed by atoms with Crippen LogP contribution in [0, 0.1) is 0 Å². The molecule has 2 aliphatic rings. The number of carbonyl (C=O) groups excluding carboxylic acids is 3. The van der Waals surface area contributed by atoms with E-state index in [1.807, 2.05) is 4.90 Å². The number of hydrogen-bond donors (Lipinski definition) is 2. The predicted octanol–water partition coefficient (Wildman–Crippen LogP) is -1.33. The first-order valence-corrected chi connectivity index (χ1v) is 7.14.